The summed E-state index contributed by atoms with van der Waals surface area (Å²) in [5, 5.41) is 6.21. The second-order valence-corrected chi connectivity index (χ2v) is 7.50. The van der Waals surface area contributed by atoms with E-state index in [1.165, 1.54) is 11.3 Å². The molecular weight excluding hydrogens is 292 g/mol. The Labute approximate surface area is 126 Å². The average molecular weight is 310 g/mol. The van der Waals surface area contributed by atoms with Gasteiger partial charge in [0.2, 0.25) is 0 Å². The second-order valence-electron chi connectivity index (χ2n) is 5.53. The van der Waals surface area contributed by atoms with Gasteiger partial charge in [-0.05, 0) is 6.92 Å². The van der Waals surface area contributed by atoms with Gasteiger partial charge in [0, 0.05) is 10.8 Å². The summed E-state index contributed by atoms with van der Waals surface area (Å²) >= 11 is 2.76. The van der Waals surface area contributed by atoms with Crippen molar-refractivity contribution in [2.24, 2.45) is 0 Å². The molecule has 2 heterocycles. The number of hydrogen-bond acceptors (Lipinski definition) is 6. The van der Waals surface area contributed by atoms with E-state index in [4.69, 9.17) is 5.73 Å². The largest absolute Gasteiger partial charge is 0.375 e. The van der Waals surface area contributed by atoms with Crippen LogP contribution >= 0.6 is 22.7 Å². The Hall–Kier alpha value is -1.47. The molecule has 2 aromatic heterocycles. The number of carbonyl (C=O) groups is 1. The third kappa shape index (κ3) is 3.34. The van der Waals surface area contributed by atoms with Crippen molar-refractivity contribution >= 4 is 33.7 Å². The highest BCUT2D eigenvalue weighted by Crippen LogP contribution is 2.24. The predicted octanol–water partition coefficient (Wildman–Crippen LogP) is 2.72. The Balaban J connectivity index is 2.00. The van der Waals surface area contributed by atoms with Crippen molar-refractivity contribution in [3.8, 4) is 0 Å². The minimum absolute atomic E-state index is 0.0292. The third-order valence-electron chi connectivity index (χ3n) is 2.74. The molecule has 0 aliphatic heterocycles. The monoisotopic (exact) mass is 310 g/mol. The van der Waals surface area contributed by atoms with Crippen LogP contribution in [-0.4, -0.2) is 15.9 Å². The summed E-state index contributed by atoms with van der Waals surface area (Å²) in [5.41, 5.74) is 7.33. The summed E-state index contributed by atoms with van der Waals surface area (Å²) in [6.07, 6.45) is 0. The molecular formula is C13H18N4OS2. The van der Waals surface area contributed by atoms with Crippen molar-refractivity contribution in [3.05, 3.63) is 26.7 Å². The van der Waals surface area contributed by atoms with E-state index in [2.05, 4.69) is 36.1 Å². The van der Waals surface area contributed by atoms with Gasteiger partial charge in [-0.2, -0.15) is 0 Å². The summed E-state index contributed by atoms with van der Waals surface area (Å²) in [6, 6.07) is 0. The van der Waals surface area contributed by atoms with Crippen molar-refractivity contribution in [2.45, 2.75) is 39.7 Å². The van der Waals surface area contributed by atoms with Crippen LogP contribution in [0.15, 0.2) is 5.38 Å². The molecule has 0 fully saturated rings. The number of nitrogens with two attached hydrogens (primary N) is 1. The summed E-state index contributed by atoms with van der Waals surface area (Å²) in [7, 11) is 0. The van der Waals surface area contributed by atoms with Gasteiger partial charge in [-0.3, -0.25) is 4.79 Å². The molecule has 0 saturated carbocycles. The third-order valence-corrected chi connectivity index (χ3v) is 4.57. The number of aromatic nitrogens is 2. The number of nitrogens with zero attached hydrogens (tertiary/aromatic N) is 2. The molecule has 0 saturated heterocycles. The lowest BCUT2D eigenvalue weighted by Gasteiger charge is -2.14. The van der Waals surface area contributed by atoms with E-state index in [-0.39, 0.29) is 11.3 Å². The Morgan fingerprint density at radius 1 is 1.40 bits per heavy atom. The average Bonchev–Trinajstić information content (AvgIpc) is 2.92. The van der Waals surface area contributed by atoms with Crippen molar-refractivity contribution in [1.82, 2.24) is 15.3 Å². The molecule has 0 bridgehead atoms. The van der Waals surface area contributed by atoms with Gasteiger partial charge in [0.15, 0.2) is 5.13 Å². The first-order valence-corrected chi connectivity index (χ1v) is 7.93. The van der Waals surface area contributed by atoms with Crippen molar-refractivity contribution in [1.29, 1.82) is 0 Å². The summed E-state index contributed by atoms with van der Waals surface area (Å²) in [5.74, 6) is -0.149. The molecule has 5 nitrogen and oxygen atoms in total. The molecule has 3 N–H and O–H groups in total. The minimum Gasteiger partial charge on any atom is -0.375 e. The molecule has 0 spiro atoms. The number of nitrogen functional groups attached to an aromatic ring is 1. The fourth-order valence-electron chi connectivity index (χ4n) is 1.60. The highest BCUT2D eigenvalue weighted by molar-refractivity contribution is 7.17. The highest BCUT2D eigenvalue weighted by atomic mass is 32.1. The van der Waals surface area contributed by atoms with Crippen LogP contribution in [0.4, 0.5) is 5.13 Å². The van der Waals surface area contributed by atoms with Crippen LogP contribution in [0.25, 0.3) is 0 Å². The molecule has 0 radical (unpaired) electrons. The topological polar surface area (TPSA) is 80.9 Å². The van der Waals surface area contributed by atoms with Gasteiger partial charge in [-0.15, -0.1) is 11.3 Å². The Morgan fingerprint density at radius 3 is 2.60 bits per heavy atom. The first kappa shape index (κ1) is 14.9. The van der Waals surface area contributed by atoms with Crippen molar-refractivity contribution in [3.63, 3.8) is 0 Å². The van der Waals surface area contributed by atoms with Crippen LogP contribution in [-0.2, 0) is 12.0 Å². The Bertz CT molecular complexity index is 625. The zero-order valence-corrected chi connectivity index (χ0v) is 13.6. The lowest BCUT2D eigenvalue weighted by atomic mass is 9.93. The Kier molecular flexibility index (Phi) is 4.10. The van der Waals surface area contributed by atoms with E-state index < -0.39 is 0 Å². The predicted molar refractivity (Wildman–Crippen MR) is 83.2 cm³/mol. The SMILES string of the molecule is Cc1nc(N)sc1C(=O)NCc1nc(C(C)(C)C)cs1. The summed E-state index contributed by atoms with van der Waals surface area (Å²) < 4.78 is 0. The molecule has 7 heteroatoms. The summed E-state index contributed by atoms with van der Waals surface area (Å²) in [4.78, 5) is 21.2. The van der Waals surface area contributed by atoms with E-state index in [1.807, 2.05) is 5.38 Å². The van der Waals surface area contributed by atoms with Gasteiger partial charge in [0.1, 0.15) is 9.88 Å². The van der Waals surface area contributed by atoms with E-state index >= 15 is 0 Å². The van der Waals surface area contributed by atoms with Crippen LogP contribution in [0.1, 0.15) is 46.8 Å². The quantitative estimate of drug-likeness (QED) is 0.913. The fourth-order valence-corrected chi connectivity index (χ4v) is 3.31. The van der Waals surface area contributed by atoms with Gasteiger partial charge >= 0.3 is 0 Å². The molecule has 0 unspecified atom stereocenters. The van der Waals surface area contributed by atoms with Crippen molar-refractivity contribution < 1.29 is 4.79 Å². The van der Waals surface area contributed by atoms with Gasteiger partial charge < -0.3 is 11.1 Å². The number of aryl methyl sites for hydroxylation is 1. The molecule has 20 heavy (non-hydrogen) atoms. The van der Waals surface area contributed by atoms with E-state index in [0.717, 1.165) is 10.7 Å². The number of rotatable bonds is 3. The maximum Gasteiger partial charge on any atom is 0.263 e. The van der Waals surface area contributed by atoms with E-state index in [9.17, 15) is 4.79 Å². The van der Waals surface area contributed by atoms with Gasteiger partial charge in [0.25, 0.3) is 5.91 Å². The molecule has 0 aliphatic rings. The number of anilines is 1. The maximum atomic E-state index is 12.0. The lowest BCUT2D eigenvalue weighted by molar-refractivity contribution is 0.0954. The minimum atomic E-state index is -0.149. The van der Waals surface area contributed by atoms with Gasteiger partial charge in [-0.1, -0.05) is 32.1 Å². The first-order chi connectivity index (χ1) is 9.27. The van der Waals surface area contributed by atoms with Crippen molar-refractivity contribution in [2.75, 3.05) is 5.73 Å². The lowest BCUT2D eigenvalue weighted by Crippen LogP contribution is -2.22. The number of nitrogens with one attached hydrogen (secondary N) is 1. The fraction of sp³-hybridized carbons (Fsp3) is 0.462. The van der Waals surface area contributed by atoms with Crippen LogP contribution in [0.5, 0.6) is 0 Å². The van der Waals surface area contributed by atoms with Crippen LogP contribution in [0.2, 0.25) is 0 Å². The molecule has 0 aromatic carbocycles. The smallest absolute Gasteiger partial charge is 0.263 e. The Morgan fingerprint density at radius 2 is 2.10 bits per heavy atom. The molecule has 0 atom stereocenters. The zero-order valence-electron chi connectivity index (χ0n) is 12.0. The highest BCUT2D eigenvalue weighted by Gasteiger charge is 2.18. The van der Waals surface area contributed by atoms with Crippen LogP contribution in [0.3, 0.4) is 0 Å². The molecule has 2 rings (SSSR count). The molecule has 1 amide bonds. The number of hydrogen-bond donors (Lipinski definition) is 2. The normalized spacial score (nSPS) is 11.6. The molecule has 2 aromatic rings. The number of carbonyl (C=O) groups excluding carboxylic acids is 1. The van der Waals surface area contributed by atoms with Gasteiger partial charge in [-0.25, -0.2) is 9.97 Å². The molecule has 108 valence electrons. The maximum absolute atomic E-state index is 12.0. The van der Waals surface area contributed by atoms with E-state index in [1.54, 1.807) is 18.3 Å². The molecule has 0 aliphatic carbocycles. The summed E-state index contributed by atoms with van der Waals surface area (Å²) in [6.45, 7) is 8.56. The number of thiazole rings is 2. The van der Waals surface area contributed by atoms with Crippen LogP contribution in [0, 0.1) is 6.92 Å². The zero-order chi connectivity index (χ0) is 14.9. The van der Waals surface area contributed by atoms with Gasteiger partial charge in [0.05, 0.1) is 17.9 Å². The number of amides is 1. The standard InChI is InChI=1S/C13H18N4OS2/c1-7-10(20-12(14)16-7)11(18)15-5-9-17-8(6-19-9)13(2,3)4/h6H,5H2,1-4H3,(H2,14,16)(H,15,18). The van der Waals surface area contributed by atoms with E-state index in [0.29, 0.717) is 22.2 Å². The first-order valence-electron chi connectivity index (χ1n) is 6.23. The van der Waals surface area contributed by atoms with Crippen LogP contribution < -0.4 is 11.1 Å². The second kappa shape index (κ2) is 5.49.